The van der Waals surface area contributed by atoms with E-state index in [0.29, 0.717) is 48.3 Å². The number of nitrogens with zero attached hydrogens (tertiary/aromatic N) is 2. The molecule has 1 N–H and O–H groups in total. The Labute approximate surface area is 228 Å². The van der Waals surface area contributed by atoms with Gasteiger partial charge in [0.25, 0.3) is 0 Å². The molecule has 6 rings (SSSR count). The van der Waals surface area contributed by atoms with Crippen LogP contribution < -0.4 is 4.74 Å². The van der Waals surface area contributed by atoms with Gasteiger partial charge in [0, 0.05) is 25.3 Å². The number of carbonyl (C=O) groups excluding carboxylic acids is 1. The maximum atomic E-state index is 13.0. The fourth-order valence-corrected chi connectivity index (χ4v) is 6.04. The molecule has 0 aromatic heterocycles. The summed E-state index contributed by atoms with van der Waals surface area (Å²) >= 11 is 0. The number of benzene rings is 3. The second kappa shape index (κ2) is 9.80. The van der Waals surface area contributed by atoms with Gasteiger partial charge in [0.2, 0.25) is 0 Å². The average Bonchev–Trinajstić information content (AvgIpc) is 3.07. The van der Waals surface area contributed by atoms with E-state index in [4.69, 9.17) is 4.74 Å². The fourth-order valence-electron chi connectivity index (χ4n) is 6.04. The lowest BCUT2D eigenvalue weighted by molar-refractivity contribution is -0.114. The number of aliphatic hydroxyl groups is 1. The van der Waals surface area contributed by atoms with Gasteiger partial charge in [0.1, 0.15) is 17.4 Å². The van der Waals surface area contributed by atoms with E-state index in [1.165, 1.54) is 0 Å². The van der Waals surface area contributed by atoms with Crippen LogP contribution in [0.15, 0.2) is 83.5 Å². The number of aliphatic imine (C=N–C) groups is 1. The van der Waals surface area contributed by atoms with Crippen LogP contribution in [0, 0.1) is 17.2 Å². The van der Waals surface area contributed by atoms with Gasteiger partial charge in [-0.15, -0.1) is 0 Å². The Morgan fingerprint density at radius 3 is 2.69 bits per heavy atom. The standard InChI is InChI=1S/C34H30N2O3/c1-21-12-28(20-36-19-21)34(38)26-8-9-30-22(2)13-29(37)17-31(32(30)15-26)24-5-3-4-23(14-24)10-11-39-33-16-27(34)7-6-25(33)18-35/h3-9,14-17,19-22,38H,10-13H2,1-2H3. The summed E-state index contributed by atoms with van der Waals surface area (Å²) in [6.07, 6.45) is 7.10. The molecule has 39 heavy (non-hydrogen) atoms. The second-order valence-electron chi connectivity index (χ2n) is 10.9. The van der Waals surface area contributed by atoms with Crippen molar-refractivity contribution in [2.45, 2.75) is 44.6 Å². The summed E-state index contributed by atoms with van der Waals surface area (Å²) in [7, 11) is 0. The van der Waals surface area contributed by atoms with E-state index in [1.807, 2.05) is 30.5 Å². The van der Waals surface area contributed by atoms with Crippen molar-refractivity contribution < 1.29 is 14.6 Å². The quantitative estimate of drug-likeness (QED) is 0.417. The van der Waals surface area contributed by atoms with E-state index >= 15 is 0 Å². The second-order valence-corrected chi connectivity index (χ2v) is 10.9. The molecule has 1 aliphatic carbocycles. The van der Waals surface area contributed by atoms with Crippen LogP contribution >= 0.6 is 0 Å². The van der Waals surface area contributed by atoms with Gasteiger partial charge >= 0.3 is 0 Å². The molecule has 3 aromatic carbocycles. The van der Waals surface area contributed by atoms with Gasteiger partial charge in [0.15, 0.2) is 5.78 Å². The van der Waals surface area contributed by atoms with Crippen LogP contribution in [-0.4, -0.2) is 23.7 Å². The molecular formula is C34H30N2O3. The number of hydrogen-bond donors (Lipinski definition) is 1. The summed E-state index contributed by atoms with van der Waals surface area (Å²) in [5.41, 5.74) is 5.94. The first-order chi connectivity index (χ1) is 18.9. The van der Waals surface area contributed by atoms with Crippen molar-refractivity contribution >= 4 is 17.6 Å². The summed E-state index contributed by atoms with van der Waals surface area (Å²) in [5.74, 6) is 0.742. The summed E-state index contributed by atoms with van der Waals surface area (Å²) in [6.45, 7) is 4.53. The number of carbonyl (C=O) groups is 1. The van der Waals surface area contributed by atoms with Crippen molar-refractivity contribution in [1.82, 2.24) is 0 Å². The average molecular weight is 515 g/mol. The number of allylic oxidation sites excluding steroid dienone is 1. The van der Waals surface area contributed by atoms with Gasteiger partial charge in [-0.1, -0.05) is 56.3 Å². The monoisotopic (exact) mass is 514 g/mol. The van der Waals surface area contributed by atoms with Gasteiger partial charge in [-0.05, 0) is 87.1 Å². The zero-order valence-corrected chi connectivity index (χ0v) is 22.1. The maximum absolute atomic E-state index is 13.0. The Morgan fingerprint density at radius 1 is 1.05 bits per heavy atom. The van der Waals surface area contributed by atoms with Crippen molar-refractivity contribution in [3.05, 3.63) is 117 Å². The Bertz CT molecular complexity index is 1620. The number of hydrogen-bond acceptors (Lipinski definition) is 5. The molecule has 194 valence electrons. The van der Waals surface area contributed by atoms with E-state index in [-0.39, 0.29) is 17.6 Å². The van der Waals surface area contributed by atoms with Crippen molar-refractivity contribution in [2.75, 3.05) is 6.61 Å². The highest BCUT2D eigenvalue weighted by Gasteiger charge is 2.39. The fraction of sp³-hybridized carbons (Fsp3) is 0.265. The SMILES string of the molecule is CC1C=NC=C(C2(O)c3ccc(C#N)c(c3)OCCc3cccc(c3)C3=CC(=O)CC(C)c4ccc2cc43)C1. The molecule has 3 aliphatic rings. The Hall–Kier alpha value is -4.27. The molecule has 3 aromatic rings. The van der Waals surface area contributed by atoms with Gasteiger partial charge in [0.05, 0.1) is 12.2 Å². The molecule has 0 saturated carbocycles. The van der Waals surface area contributed by atoms with E-state index < -0.39 is 5.60 Å². The van der Waals surface area contributed by atoms with E-state index in [0.717, 1.165) is 33.4 Å². The highest BCUT2D eigenvalue weighted by Crippen LogP contribution is 2.45. The predicted octanol–water partition coefficient (Wildman–Crippen LogP) is 6.23. The number of ether oxygens (including phenoxy) is 1. The third-order valence-corrected chi connectivity index (χ3v) is 8.09. The van der Waals surface area contributed by atoms with E-state index in [2.05, 4.69) is 43.1 Å². The molecule has 6 bridgehead atoms. The smallest absolute Gasteiger partial charge is 0.156 e. The van der Waals surface area contributed by atoms with Crippen LogP contribution in [0.25, 0.3) is 5.57 Å². The largest absolute Gasteiger partial charge is 0.492 e. The lowest BCUT2D eigenvalue weighted by Crippen LogP contribution is -2.32. The van der Waals surface area contributed by atoms with Gasteiger partial charge < -0.3 is 9.84 Å². The molecule has 5 nitrogen and oxygen atoms in total. The zero-order chi connectivity index (χ0) is 27.1. The van der Waals surface area contributed by atoms with Crippen molar-refractivity contribution in [3.8, 4) is 11.8 Å². The molecule has 0 radical (unpaired) electrons. The third-order valence-electron chi connectivity index (χ3n) is 8.09. The van der Waals surface area contributed by atoms with Gasteiger partial charge in [-0.25, -0.2) is 0 Å². The number of fused-ring (bicyclic) bond motifs is 6. The van der Waals surface area contributed by atoms with Gasteiger partial charge in [-0.3, -0.25) is 9.79 Å². The summed E-state index contributed by atoms with van der Waals surface area (Å²) in [6, 6.07) is 21.8. The molecule has 3 unspecified atom stereocenters. The predicted molar refractivity (Wildman–Crippen MR) is 152 cm³/mol. The lowest BCUT2D eigenvalue weighted by atomic mass is 9.75. The Balaban J connectivity index is 1.67. The van der Waals surface area contributed by atoms with Crippen molar-refractivity contribution in [1.29, 1.82) is 5.26 Å². The van der Waals surface area contributed by atoms with Crippen molar-refractivity contribution in [2.24, 2.45) is 10.9 Å². The Kier molecular flexibility index (Phi) is 6.29. The first-order valence-electron chi connectivity index (χ1n) is 13.5. The van der Waals surface area contributed by atoms with Crippen LogP contribution in [0.4, 0.5) is 0 Å². The maximum Gasteiger partial charge on any atom is 0.156 e. The van der Waals surface area contributed by atoms with Crippen LogP contribution in [0.3, 0.4) is 0 Å². The summed E-state index contributed by atoms with van der Waals surface area (Å²) < 4.78 is 6.15. The molecule has 0 amide bonds. The molecule has 2 heterocycles. The molecular weight excluding hydrogens is 484 g/mol. The van der Waals surface area contributed by atoms with Gasteiger partial charge in [-0.2, -0.15) is 5.26 Å². The van der Waals surface area contributed by atoms with Crippen LogP contribution in [0.2, 0.25) is 0 Å². The van der Waals surface area contributed by atoms with Crippen molar-refractivity contribution in [3.63, 3.8) is 0 Å². The molecule has 0 saturated heterocycles. The molecule has 5 heteroatoms. The van der Waals surface area contributed by atoms with E-state index in [1.54, 1.807) is 30.5 Å². The summed E-state index contributed by atoms with van der Waals surface area (Å²) in [5, 5.41) is 22.5. The zero-order valence-electron chi connectivity index (χ0n) is 22.1. The van der Waals surface area contributed by atoms with Crippen LogP contribution in [0.1, 0.15) is 71.6 Å². The molecule has 0 spiro atoms. The topological polar surface area (TPSA) is 82.7 Å². The highest BCUT2D eigenvalue weighted by molar-refractivity contribution is 6.02. The molecule has 0 fully saturated rings. The highest BCUT2D eigenvalue weighted by atomic mass is 16.5. The molecule has 3 atom stereocenters. The minimum absolute atomic E-state index is 0.0406. The van der Waals surface area contributed by atoms with E-state index in [9.17, 15) is 15.2 Å². The summed E-state index contributed by atoms with van der Waals surface area (Å²) in [4.78, 5) is 17.5. The number of rotatable bonds is 1. The minimum Gasteiger partial charge on any atom is -0.492 e. The normalized spacial score (nSPS) is 23.9. The lowest BCUT2D eigenvalue weighted by Gasteiger charge is -2.35. The van der Waals surface area contributed by atoms with Crippen LogP contribution in [-0.2, 0) is 16.8 Å². The molecule has 2 aliphatic heterocycles. The van der Waals surface area contributed by atoms with Crippen LogP contribution in [0.5, 0.6) is 5.75 Å². The minimum atomic E-state index is -1.51. The number of nitriles is 1. The first-order valence-corrected chi connectivity index (χ1v) is 13.5. The Morgan fingerprint density at radius 2 is 1.87 bits per heavy atom. The first kappa shape index (κ1) is 25.0. The third kappa shape index (κ3) is 4.41. The number of ketones is 1.